The first kappa shape index (κ1) is 38.9. The molecule has 17 nitrogen and oxygen atoms in total. The number of likely N-dealkylation sites (tertiary alicyclic amines) is 2. The van der Waals surface area contributed by atoms with Gasteiger partial charge in [0.1, 0.15) is 24.2 Å². The average molecular weight is 665 g/mol. The van der Waals surface area contributed by atoms with Crippen LogP contribution < -0.4 is 38.1 Å². The third kappa shape index (κ3) is 12.1. The number of carbonyl (C=O) groups is 7. The Labute approximate surface area is 275 Å². The molecule has 264 valence electrons. The van der Waals surface area contributed by atoms with Crippen molar-refractivity contribution in [1.29, 1.82) is 5.41 Å². The van der Waals surface area contributed by atoms with Crippen molar-refractivity contribution in [2.75, 3.05) is 33.2 Å². The number of primary amides is 1. The molecule has 0 radical (unpaired) electrons. The average Bonchev–Trinajstić information content (AvgIpc) is 3.67. The Balaban J connectivity index is 2.23. The fraction of sp³-hybridized carbons (Fsp3) is 0.733. The van der Waals surface area contributed by atoms with Crippen LogP contribution in [0, 0.1) is 11.3 Å². The van der Waals surface area contributed by atoms with E-state index in [2.05, 4.69) is 26.6 Å². The van der Waals surface area contributed by atoms with E-state index >= 15 is 0 Å². The van der Waals surface area contributed by atoms with Crippen molar-refractivity contribution in [3.63, 3.8) is 0 Å². The Morgan fingerprint density at radius 2 is 1.49 bits per heavy atom. The first-order valence-corrected chi connectivity index (χ1v) is 16.2. The first-order chi connectivity index (χ1) is 22.2. The predicted molar refractivity (Wildman–Crippen MR) is 172 cm³/mol. The summed E-state index contributed by atoms with van der Waals surface area (Å²) in [6, 6.07) is -4.89. The summed E-state index contributed by atoms with van der Waals surface area (Å²) < 4.78 is 0. The Kier molecular flexibility index (Phi) is 15.5. The largest absolute Gasteiger partial charge is 0.370 e. The second-order valence-electron chi connectivity index (χ2n) is 12.4. The zero-order valence-corrected chi connectivity index (χ0v) is 27.9. The quantitative estimate of drug-likeness (QED) is 0.0431. The van der Waals surface area contributed by atoms with Crippen molar-refractivity contribution in [3.05, 3.63) is 0 Å². The van der Waals surface area contributed by atoms with Crippen molar-refractivity contribution in [2.24, 2.45) is 17.4 Å². The third-order valence-corrected chi connectivity index (χ3v) is 8.40. The second kappa shape index (κ2) is 18.8. The molecule has 0 saturated carbocycles. The Hall–Kier alpha value is -4.28. The lowest BCUT2D eigenvalue weighted by Gasteiger charge is -2.30. The SMILES string of the molecule is CCC(=O)CNC(=O)[C@@H]1CCCN1C(=O)[C@H](CCCNC(=N)N)NC(=O)[C@H](CC(N)=O)NC(=O)[C@@H](NC(=O)[C@@H]1CCCN1C)C(C)C. The first-order valence-electron chi connectivity index (χ1n) is 16.2. The minimum Gasteiger partial charge on any atom is -0.370 e. The molecular weight excluding hydrogens is 612 g/mol. The van der Waals surface area contributed by atoms with Crippen LogP contribution in [-0.2, 0) is 33.6 Å². The van der Waals surface area contributed by atoms with Crippen LogP contribution in [0.15, 0.2) is 0 Å². The molecule has 0 aromatic rings. The van der Waals surface area contributed by atoms with Crippen molar-refractivity contribution in [1.82, 2.24) is 36.4 Å². The van der Waals surface area contributed by atoms with Gasteiger partial charge in [-0.05, 0) is 58.0 Å². The summed E-state index contributed by atoms with van der Waals surface area (Å²) >= 11 is 0. The molecule has 2 saturated heterocycles. The Bertz CT molecular complexity index is 1180. The number of rotatable bonds is 18. The number of amides is 6. The zero-order valence-electron chi connectivity index (χ0n) is 27.9. The van der Waals surface area contributed by atoms with E-state index in [1.165, 1.54) is 4.90 Å². The van der Waals surface area contributed by atoms with Gasteiger partial charge in [-0.25, -0.2) is 0 Å². The molecule has 0 aliphatic carbocycles. The highest BCUT2D eigenvalue weighted by molar-refractivity contribution is 5.98. The van der Waals surface area contributed by atoms with Gasteiger partial charge in [-0.3, -0.25) is 43.9 Å². The van der Waals surface area contributed by atoms with Crippen molar-refractivity contribution in [2.45, 2.75) is 102 Å². The molecule has 0 bridgehead atoms. The van der Waals surface area contributed by atoms with E-state index in [0.717, 1.165) is 13.0 Å². The van der Waals surface area contributed by atoms with Gasteiger partial charge in [0.2, 0.25) is 35.4 Å². The highest BCUT2D eigenvalue weighted by Crippen LogP contribution is 2.20. The topological polar surface area (TPSA) is 262 Å². The predicted octanol–water partition coefficient (Wildman–Crippen LogP) is -2.58. The molecule has 2 aliphatic heterocycles. The van der Waals surface area contributed by atoms with Gasteiger partial charge in [0.15, 0.2) is 11.7 Å². The van der Waals surface area contributed by atoms with Gasteiger partial charge >= 0.3 is 0 Å². The van der Waals surface area contributed by atoms with E-state index in [9.17, 15) is 33.6 Å². The standard InChI is InChI=1S/C30H52N10O7/c1-5-18(41)16-35-26(44)22-11-8-14-40(22)29(47)19(9-6-12-34-30(32)33)36-25(43)20(15-23(31)42)37-28(46)24(17(2)3)38-27(45)21-10-7-13-39(21)4/h17,19-22,24H,5-16H2,1-4H3,(H2,31,42)(H,35,44)(H,36,43)(H,37,46)(H,38,45)(H4,32,33,34)/t19-,20-,21-,22-,24-/m0/s1. The van der Waals surface area contributed by atoms with Gasteiger partial charge in [-0.1, -0.05) is 20.8 Å². The maximum Gasteiger partial charge on any atom is 0.245 e. The molecule has 0 unspecified atom stereocenters. The fourth-order valence-corrected chi connectivity index (χ4v) is 5.69. The molecule has 2 fully saturated rings. The number of guanidine groups is 1. The Morgan fingerprint density at radius 1 is 0.851 bits per heavy atom. The van der Waals surface area contributed by atoms with Crippen LogP contribution >= 0.6 is 0 Å². The van der Waals surface area contributed by atoms with E-state index in [-0.39, 0.29) is 68.5 Å². The lowest BCUT2D eigenvalue weighted by molar-refractivity contribution is -0.142. The van der Waals surface area contributed by atoms with Crippen LogP contribution in [-0.4, -0.2) is 120 Å². The van der Waals surface area contributed by atoms with Crippen LogP contribution in [0.25, 0.3) is 0 Å². The number of likely N-dealkylation sites (N-methyl/N-ethyl adjacent to an activating group) is 1. The van der Waals surface area contributed by atoms with Crippen molar-refractivity contribution < 1.29 is 33.6 Å². The number of carbonyl (C=O) groups excluding carboxylic acids is 7. The lowest BCUT2D eigenvalue weighted by atomic mass is 10.0. The van der Waals surface area contributed by atoms with E-state index in [4.69, 9.17) is 16.9 Å². The lowest BCUT2D eigenvalue weighted by Crippen LogP contribution is -2.60. The number of nitrogens with two attached hydrogens (primary N) is 2. The summed E-state index contributed by atoms with van der Waals surface area (Å²) in [4.78, 5) is 93.6. The fourth-order valence-electron chi connectivity index (χ4n) is 5.69. The number of hydrogen-bond donors (Lipinski definition) is 8. The van der Waals surface area contributed by atoms with E-state index in [1.807, 2.05) is 11.9 Å². The van der Waals surface area contributed by atoms with Gasteiger partial charge in [0.25, 0.3) is 0 Å². The molecule has 0 aromatic heterocycles. The van der Waals surface area contributed by atoms with Gasteiger partial charge < -0.3 is 43.0 Å². The maximum absolute atomic E-state index is 13.8. The highest BCUT2D eigenvalue weighted by Gasteiger charge is 2.39. The van der Waals surface area contributed by atoms with E-state index in [0.29, 0.717) is 19.3 Å². The van der Waals surface area contributed by atoms with Crippen LogP contribution in [0.2, 0.25) is 0 Å². The van der Waals surface area contributed by atoms with Crippen molar-refractivity contribution in [3.8, 4) is 0 Å². The number of ketones is 1. The molecule has 17 heteroatoms. The van der Waals surface area contributed by atoms with Gasteiger partial charge in [0.05, 0.1) is 19.0 Å². The molecule has 2 aliphatic rings. The number of hydrogen-bond acceptors (Lipinski definition) is 9. The summed E-state index contributed by atoms with van der Waals surface area (Å²) in [7, 11) is 1.83. The molecule has 2 heterocycles. The van der Waals surface area contributed by atoms with Gasteiger partial charge in [-0.2, -0.15) is 0 Å². The Morgan fingerprint density at radius 3 is 2.06 bits per heavy atom. The molecule has 0 aromatic carbocycles. The number of nitrogens with zero attached hydrogens (tertiary/aromatic N) is 2. The molecule has 10 N–H and O–H groups in total. The van der Waals surface area contributed by atoms with Crippen LogP contribution in [0.4, 0.5) is 0 Å². The van der Waals surface area contributed by atoms with Crippen LogP contribution in [0.5, 0.6) is 0 Å². The molecule has 6 amide bonds. The van der Waals surface area contributed by atoms with Gasteiger partial charge in [0, 0.05) is 19.5 Å². The summed E-state index contributed by atoms with van der Waals surface area (Å²) in [5.41, 5.74) is 10.8. The van der Waals surface area contributed by atoms with E-state index < -0.39 is 60.1 Å². The smallest absolute Gasteiger partial charge is 0.245 e. The van der Waals surface area contributed by atoms with Gasteiger partial charge in [-0.15, -0.1) is 0 Å². The van der Waals surface area contributed by atoms with Crippen molar-refractivity contribution >= 4 is 47.2 Å². The molecular formula is C30H52N10O7. The zero-order chi connectivity index (χ0) is 35.3. The molecule has 2 rings (SSSR count). The summed E-state index contributed by atoms with van der Waals surface area (Å²) in [6.07, 6.45) is 2.42. The van der Waals surface area contributed by atoms with Crippen LogP contribution in [0.3, 0.4) is 0 Å². The minimum absolute atomic E-state index is 0.0703. The summed E-state index contributed by atoms with van der Waals surface area (Å²) in [6.45, 7) is 6.19. The molecule has 5 atom stereocenters. The number of Topliss-reactive ketones (excluding diaryl/α,β-unsaturated/α-hetero) is 1. The minimum atomic E-state index is -1.46. The monoisotopic (exact) mass is 664 g/mol. The molecule has 0 spiro atoms. The summed E-state index contributed by atoms with van der Waals surface area (Å²) in [5, 5.41) is 20.5. The molecule has 47 heavy (non-hydrogen) atoms. The maximum atomic E-state index is 13.8. The third-order valence-electron chi connectivity index (χ3n) is 8.40. The number of nitrogens with one attached hydrogen (secondary N) is 6. The summed E-state index contributed by atoms with van der Waals surface area (Å²) in [5.74, 6) is -4.58. The normalized spacial score (nSPS) is 19.7. The van der Waals surface area contributed by atoms with E-state index in [1.54, 1.807) is 20.8 Å². The highest BCUT2D eigenvalue weighted by atomic mass is 16.2. The second-order valence-corrected chi connectivity index (χ2v) is 12.4. The van der Waals surface area contributed by atoms with Crippen LogP contribution in [0.1, 0.15) is 72.1 Å².